The molecule has 0 unspecified atom stereocenters. The number of rotatable bonds is 7. The van der Waals surface area contributed by atoms with E-state index in [2.05, 4.69) is 10.6 Å². The molecule has 1 saturated carbocycles. The molecular formula is C22H24N2O3. The Balaban J connectivity index is 1.50. The van der Waals surface area contributed by atoms with Crippen LogP contribution in [0.5, 0.6) is 0 Å². The van der Waals surface area contributed by atoms with Gasteiger partial charge in [0.15, 0.2) is 0 Å². The molecule has 1 fully saturated rings. The summed E-state index contributed by atoms with van der Waals surface area (Å²) >= 11 is 0. The molecule has 0 bridgehead atoms. The fraction of sp³-hybridized carbons (Fsp3) is 0.318. The van der Waals surface area contributed by atoms with E-state index in [1.165, 1.54) is 6.42 Å². The van der Waals surface area contributed by atoms with Crippen LogP contribution >= 0.6 is 0 Å². The van der Waals surface area contributed by atoms with Gasteiger partial charge in [0.05, 0.1) is 6.67 Å². The zero-order valence-corrected chi connectivity index (χ0v) is 15.2. The van der Waals surface area contributed by atoms with E-state index in [-0.39, 0.29) is 11.8 Å². The standard InChI is InChI=1S/C22H24N2O3/c25-20(16-7-3-1-4-8-16)21(26)17-11-13-19(14-12-17)23-15-24-22(27)18-9-5-2-6-10-18/h1,3-4,7-8,11-14,18,23H,2,5-6,9-10,15H2,(H,24,27). The van der Waals surface area contributed by atoms with Gasteiger partial charge in [0.2, 0.25) is 17.5 Å². The molecule has 2 N–H and O–H groups in total. The van der Waals surface area contributed by atoms with E-state index in [1.807, 2.05) is 0 Å². The summed E-state index contributed by atoms with van der Waals surface area (Å²) in [4.78, 5) is 36.6. The summed E-state index contributed by atoms with van der Waals surface area (Å²) in [5, 5.41) is 6.02. The fourth-order valence-electron chi connectivity index (χ4n) is 3.33. The van der Waals surface area contributed by atoms with Gasteiger partial charge in [0.1, 0.15) is 0 Å². The highest BCUT2D eigenvalue weighted by Gasteiger charge is 2.20. The largest absolute Gasteiger partial charge is 0.368 e. The molecular weight excluding hydrogens is 340 g/mol. The minimum Gasteiger partial charge on any atom is -0.368 e. The number of amides is 1. The molecule has 3 rings (SSSR count). The van der Waals surface area contributed by atoms with Crippen molar-refractivity contribution in [3.05, 3.63) is 65.7 Å². The van der Waals surface area contributed by atoms with Crippen LogP contribution < -0.4 is 10.6 Å². The Kier molecular flexibility index (Phi) is 6.36. The van der Waals surface area contributed by atoms with E-state index < -0.39 is 11.6 Å². The van der Waals surface area contributed by atoms with Crippen LogP contribution in [-0.2, 0) is 4.79 Å². The molecule has 1 aliphatic rings. The van der Waals surface area contributed by atoms with Gasteiger partial charge in [-0.1, -0.05) is 49.6 Å². The van der Waals surface area contributed by atoms with Crippen molar-refractivity contribution in [2.45, 2.75) is 32.1 Å². The van der Waals surface area contributed by atoms with Crippen LogP contribution in [-0.4, -0.2) is 24.1 Å². The minimum absolute atomic E-state index is 0.0995. The van der Waals surface area contributed by atoms with Crippen LogP contribution in [0.25, 0.3) is 0 Å². The van der Waals surface area contributed by atoms with Crippen molar-refractivity contribution in [1.29, 1.82) is 0 Å². The number of hydrogen-bond donors (Lipinski definition) is 2. The average Bonchev–Trinajstić information content (AvgIpc) is 2.74. The van der Waals surface area contributed by atoms with E-state index >= 15 is 0 Å². The van der Waals surface area contributed by atoms with E-state index in [1.54, 1.807) is 54.6 Å². The molecule has 0 atom stereocenters. The summed E-state index contributed by atoms with van der Waals surface area (Å²) in [6.45, 7) is 0.339. The molecule has 1 aliphatic carbocycles. The molecule has 140 valence electrons. The van der Waals surface area contributed by atoms with Crippen molar-refractivity contribution in [3.63, 3.8) is 0 Å². The highest BCUT2D eigenvalue weighted by Crippen LogP contribution is 2.23. The third kappa shape index (κ3) is 5.03. The zero-order chi connectivity index (χ0) is 19.1. The lowest BCUT2D eigenvalue weighted by Gasteiger charge is -2.21. The average molecular weight is 364 g/mol. The van der Waals surface area contributed by atoms with Gasteiger partial charge in [0.25, 0.3) is 0 Å². The van der Waals surface area contributed by atoms with Crippen LogP contribution in [0.4, 0.5) is 5.69 Å². The van der Waals surface area contributed by atoms with E-state index in [0.717, 1.165) is 31.4 Å². The molecule has 0 radical (unpaired) electrons. The number of carbonyl (C=O) groups excluding carboxylic acids is 3. The van der Waals surface area contributed by atoms with E-state index in [0.29, 0.717) is 17.8 Å². The van der Waals surface area contributed by atoms with Crippen LogP contribution in [0, 0.1) is 5.92 Å². The molecule has 0 aromatic heterocycles. The van der Waals surface area contributed by atoms with Gasteiger partial charge in [-0.05, 0) is 37.1 Å². The predicted octanol–water partition coefficient (Wildman–Crippen LogP) is 3.82. The van der Waals surface area contributed by atoms with Crippen LogP contribution in [0.2, 0.25) is 0 Å². The topological polar surface area (TPSA) is 75.3 Å². The molecule has 1 amide bonds. The van der Waals surface area contributed by atoms with Crippen molar-refractivity contribution in [2.75, 3.05) is 12.0 Å². The maximum absolute atomic E-state index is 12.3. The minimum atomic E-state index is -0.529. The van der Waals surface area contributed by atoms with Crippen molar-refractivity contribution >= 4 is 23.2 Å². The predicted molar refractivity (Wildman–Crippen MR) is 105 cm³/mol. The SMILES string of the molecule is O=C(C(=O)c1ccc(NCNC(=O)C2CCCCC2)cc1)c1ccccc1. The maximum Gasteiger partial charge on any atom is 0.233 e. The van der Waals surface area contributed by atoms with Gasteiger partial charge in [-0.3, -0.25) is 14.4 Å². The Bertz CT molecular complexity index is 794. The highest BCUT2D eigenvalue weighted by atomic mass is 16.2. The number of ketones is 2. The normalized spacial score (nSPS) is 14.4. The lowest BCUT2D eigenvalue weighted by Crippen LogP contribution is -2.35. The summed E-state index contributed by atoms with van der Waals surface area (Å²) in [6, 6.07) is 15.2. The number of benzene rings is 2. The van der Waals surface area contributed by atoms with Gasteiger partial charge >= 0.3 is 0 Å². The number of hydrogen-bond acceptors (Lipinski definition) is 4. The molecule has 0 heterocycles. The van der Waals surface area contributed by atoms with Crippen LogP contribution in [0.3, 0.4) is 0 Å². The first-order chi connectivity index (χ1) is 13.1. The Morgan fingerprint density at radius 3 is 2.00 bits per heavy atom. The molecule has 2 aromatic carbocycles. The van der Waals surface area contributed by atoms with Gasteiger partial charge in [0, 0.05) is 22.7 Å². The van der Waals surface area contributed by atoms with Crippen molar-refractivity contribution in [1.82, 2.24) is 5.32 Å². The van der Waals surface area contributed by atoms with Crippen LogP contribution in [0.15, 0.2) is 54.6 Å². The van der Waals surface area contributed by atoms with Crippen LogP contribution in [0.1, 0.15) is 52.8 Å². The zero-order valence-electron chi connectivity index (χ0n) is 15.2. The number of carbonyl (C=O) groups is 3. The Morgan fingerprint density at radius 1 is 0.778 bits per heavy atom. The molecule has 0 saturated heterocycles. The third-order valence-corrected chi connectivity index (χ3v) is 4.92. The second-order valence-corrected chi connectivity index (χ2v) is 6.83. The highest BCUT2D eigenvalue weighted by molar-refractivity contribution is 6.49. The molecule has 5 nitrogen and oxygen atoms in total. The monoisotopic (exact) mass is 364 g/mol. The first-order valence-corrected chi connectivity index (χ1v) is 9.41. The second kappa shape index (κ2) is 9.12. The summed E-state index contributed by atoms with van der Waals surface area (Å²) < 4.78 is 0. The van der Waals surface area contributed by atoms with Gasteiger partial charge in [-0.25, -0.2) is 0 Å². The lowest BCUT2D eigenvalue weighted by molar-refractivity contribution is -0.125. The second-order valence-electron chi connectivity index (χ2n) is 6.83. The number of Topliss-reactive ketones (excluding diaryl/α,β-unsaturated/α-hetero) is 2. The number of anilines is 1. The van der Waals surface area contributed by atoms with Crippen molar-refractivity contribution in [2.24, 2.45) is 5.92 Å². The van der Waals surface area contributed by atoms with E-state index in [9.17, 15) is 14.4 Å². The summed E-state index contributed by atoms with van der Waals surface area (Å²) in [5.41, 5.74) is 1.51. The molecule has 27 heavy (non-hydrogen) atoms. The fourth-order valence-corrected chi connectivity index (χ4v) is 3.33. The Hall–Kier alpha value is -2.95. The quantitative estimate of drug-likeness (QED) is 0.445. The Labute approximate surface area is 159 Å². The Morgan fingerprint density at radius 2 is 1.37 bits per heavy atom. The molecule has 0 aliphatic heterocycles. The molecule has 0 spiro atoms. The smallest absolute Gasteiger partial charge is 0.233 e. The van der Waals surface area contributed by atoms with Gasteiger partial charge < -0.3 is 10.6 Å². The maximum atomic E-state index is 12.3. The first kappa shape index (κ1) is 18.8. The van der Waals surface area contributed by atoms with Crippen molar-refractivity contribution < 1.29 is 14.4 Å². The van der Waals surface area contributed by atoms with Gasteiger partial charge in [-0.15, -0.1) is 0 Å². The van der Waals surface area contributed by atoms with Gasteiger partial charge in [-0.2, -0.15) is 0 Å². The molecule has 2 aromatic rings. The number of nitrogens with one attached hydrogen (secondary N) is 2. The van der Waals surface area contributed by atoms with Crippen molar-refractivity contribution in [3.8, 4) is 0 Å². The lowest BCUT2D eigenvalue weighted by atomic mass is 9.89. The molecule has 5 heteroatoms. The summed E-state index contributed by atoms with van der Waals surface area (Å²) in [5.74, 6) is -0.818. The first-order valence-electron chi connectivity index (χ1n) is 9.41. The third-order valence-electron chi connectivity index (χ3n) is 4.92. The summed E-state index contributed by atoms with van der Waals surface area (Å²) in [6.07, 6.45) is 5.42. The van der Waals surface area contributed by atoms with E-state index in [4.69, 9.17) is 0 Å². The summed E-state index contributed by atoms with van der Waals surface area (Å²) in [7, 11) is 0.